The number of nitrogens with two attached hydrogens (primary N) is 1. The molecule has 33 heavy (non-hydrogen) atoms. The third-order valence-electron chi connectivity index (χ3n) is 4.33. The van der Waals surface area contributed by atoms with Crippen molar-refractivity contribution in [2.45, 2.75) is 49.5 Å². The van der Waals surface area contributed by atoms with Crippen LogP contribution in [0.3, 0.4) is 0 Å². The Labute approximate surface area is 187 Å². The van der Waals surface area contributed by atoms with Crippen LogP contribution in [0.1, 0.15) is 32.0 Å². The molecule has 10 nitrogen and oxygen atoms in total. The van der Waals surface area contributed by atoms with Crippen LogP contribution in [0.4, 0.5) is 19.0 Å². The number of nitrogen functional groups attached to an aromatic ring is 1. The van der Waals surface area contributed by atoms with Gasteiger partial charge in [0, 0.05) is 0 Å². The highest BCUT2D eigenvalue weighted by Crippen LogP contribution is 2.28. The third kappa shape index (κ3) is 6.69. The zero-order chi connectivity index (χ0) is 24.4. The van der Waals surface area contributed by atoms with Crippen LogP contribution in [0.5, 0.6) is 0 Å². The molecule has 14 heteroatoms. The molecule has 0 aliphatic heterocycles. The second-order valence-electron chi connectivity index (χ2n) is 7.91. The molecule has 1 atom stereocenters. The van der Waals surface area contributed by atoms with E-state index < -0.39 is 34.4 Å². The number of aromatic nitrogens is 5. The Balaban J connectivity index is 1.98. The predicted octanol–water partition coefficient (Wildman–Crippen LogP) is 2.06. The van der Waals surface area contributed by atoms with Gasteiger partial charge in [-0.05, 0) is 32.4 Å². The minimum absolute atomic E-state index is 0.00414. The van der Waals surface area contributed by atoms with E-state index in [9.17, 15) is 26.7 Å². The Hall–Kier alpha value is -3.10. The van der Waals surface area contributed by atoms with E-state index in [0.717, 1.165) is 6.20 Å². The molecule has 0 fully saturated rings. The number of nitrogens with one attached hydrogen (secondary N) is 1. The monoisotopic (exact) mass is 485 g/mol. The van der Waals surface area contributed by atoms with E-state index in [0.29, 0.717) is 4.80 Å². The quantitative estimate of drug-likeness (QED) is 0.439. The zero-order valence-corrected chi connectivity index (χ0v) is 18.5. The number of sulfonamides is 1. The number of nitrogens with zero attached hydrogens (tertiary/aromatic N) is 5. The van der Waals surface area contributed by atoms with Crippen molar-refractivity contribution in [3.8, 4) is 11.4 Å². The Bertz CT molecular complexity index is 1210. The topological polar surface area (TPSA) is 149 Å². The van der Waals surface area contributed by atoms with E-state index in [1.807, 2.05) is 0 Å². The Kier molecular flexibility index (Phi) is 6.72. The van der Waals surface area contributed by atoms with Crippen molar-refractivity contribution in [2.24, 2.45) is 0 Å². The molecule has 2 aromatic heterocycles. The number of anilines is 1. The summed E-state index contributed by atoms with van der Waals surface area (Å²) in [6.07, 6.45) is -2.33. The Morgan fingerprint density at radius 3 is 2.45 bits per heavy atom. The van der Waals surface area contributed by atoms with E-state index in [2.05, 4.69) is 24.9 Å². The summed E-state index contributed by atoms with van der Waals surface area (Å²) in [5.74, 6) is -0.134. The van der Waals surface area contributed by atoms with E-state index in [-0.39, 0.29) is 34.2 Å². The average Bonchev–Trinajstić information content (AvgIpc) is 3.13. The molecule has 178 valence electrons. The molecule has 2 heterocycles. The van der Waals surface area contributed by atoms with E-state index in [4.69, 9.17) is 5.73 Å². The lowest BCUT2D eigenvalue weighted by Gasteiger charge is -2.25. The minimum atomic E-state index is -4.52. The van der Waals surface area contributed by atoms with Crippen LogP contribution in [-0.4, -0.2) is 50.3 Å². The molecule has 0 amide bonds. The van der Waals surface area contributed by atoms with E-state index in [1.165, 1.54) is 32.2 Å². The van der Waals surface area contributed by atoms with Gasteiger partial charge in [-0.2, -0.15) is 28.2 Å². The van der Waals surface area contributed by atoms with Crippen molar-refractivity contribution in [1.82, 2.24) is 29.7 Å². The molecule has 0 aliphatic rings. The van der Waals surface area contributed by atoms with Gasteiger partial charge in [-0.3, -0.25) is 0 Å². The molecule has 0 aliphatic carbocycles. The van der Waals surface area contributed by atoms with Gasteiger partial charge in [0.1, 0.15) is 11.4 Å². The van der Waals surface area contributed by atoms with Crippen LogP contribution < -0.4 is 10.5 Å². The molecule has 1 unspecified atom stereocenters. The number of alkyl halides is 3. The van der Waals surface area contributed by atoms with Gasteiger partial charge in [0.05, 0.1) is 34.6 Å². The van der Waals surface area contributed by atoms with Crippen molar-refractivity contribution >= 4 is 15.8 Å². The summed E-state index contributed by atoms with van der Waals surface area (Å²) in [4.78, 5) is 8.73. The van der Waals surface area contributed by atoms with Gasteiger partial charge in [-0.25, -0.2) is 23.1 Å². The maximum Gasteiger partial charge on any atom is 0.409 e. The molecule has 0 saturated carbocycles. The Morgan fingerprint density at radius 1 is 1.18 bits per heavy atom. The summed E-state index contributed by atoms with van der Waals surface area (Å²) >= 11 is 0. The molecule has 0 radical (unpaired) electrons. The van der Waals surface area contributed by atoms with Crippen LogP contribution in [-0.2, 0) is 16.6 Å². The maximum absolute atomic E-state index is 12.9. The van der Waals surface area contributed by atoms with E-state index >= 15 is 0 Å². The first-order valence-corrected chi connectivity index (χ1v) is 11.1. The second-order valence-corrected chi connectivity index (χ2v) is 9.62. The summed E-state index contributed by atoms with van der Waals surface area (Å²) in [7, 11) is -4.00. The molecular weight excluding hydrogens is 463 g/mol. The lowest BCUT2D eigenvalue weighted by atomic mass is 9.98. The highest BCUT2D eigenvalue weighted by molar-refractivity contribution is 7.89. The largest absolute Gasteiger partial charge is 0.409 e. The molecule has 4 N–H and O–H groups in total. The summed E-state index contributed by atoms with van der Waals surface area (Å²) in [5.41, 5.74) is 4.49. The maximum atomic E-state index is 12.9. The third-order valence-corrected chi connectivity index (χ3v) is 5.82. The lowest BCUT2D eigenvalue weighted by molar-refractivity contribution is -0.144. The number of hydrogen-bond donors (Lipinski definition) is 3. The zero-order valence-electron chi connectivity index (χ0n) is 17.7. The normalized spacial score (nSPS) is 13.8. The van der Waals surface area contributed by atoms with Crippen molar-refractivity contribution in [2.75, 3.05) is 5.73 Å². The number of hydrogen-bond acceptors (Lipinski definition) is 8. The van der Waals surface area contributed by atoms with Crippen molar-refractivity contribution < 1.29 is 26.7 Å². The fourth-order valence-electron chi connectivity index (χ4n) is 2.97. The van der Waals surface area contributed by atoms with Crippen LogP contribution >= 0.6 is 0 Å². The SMILES string of the molecule is CC(C)(O)CC(NS(=O)(=O)c1ccccc1)c1cnc(N)c(-c2cnn(CC(F)(F)F)n2)n1. The fraction of sp³-hybridized carbons (Fsp3) is 0.368. The number of halogens is 3. The minimum Gasteiger partial charge on any atom is -0.390 e. The summed E-state index contributed by atoms with van der Waals surface area (Å²) in [6, 6.07) is 6.56. The van der Waals surface area contributed by atoms with Crippen LogP contribution in [0.15, 0.2) is 47.6 Å². The molecular formula is C19H22F3N7O3S. The van der Waals surface area contributed by atoms with Crippen molar-refractivity contribution in [3.63, 3.8) is 0 Å². The summed E-state index contributed by atoms with van der Waals surface area (Å²) in [6.45, 7) is 1.58. The number of benzene rings is 1. The van der Waals surface area contributed by atoms with Crippen LogP contribution in [0, 0.1) is 0 Å². The van der Waals surface area contributed by atoms with Crippen LogP contribution in [0.2, 0.25) is 0 Å². The molecule has 0 bridgehead atoms. The first-order valence-electron chi connectivity index (χ1n) is 9.63. The van der Waals surface area contributed by atoms with Gasteiger partial charge in [0.2, 0.25) is 10.0 Å². The van der Waals surface area contributed by atoms with Gasteiger partial charge < -0.3 is 10.8 Å². The fourth-order valence-corrected chi connectivity index (χ4v) is 4.20. The van der Waals surface area contributed by atoms with Crippen LogP contribution in [0.25, 0.3) is 11.4 Å². The predicted molar refractivity (Wildman–Crippen MR) is 112 cm³/mol. The molecule has 1 aromatic carbocycles. The molecule has 0 spiro atoms. The first-order chi connectivity index (χ1) is 15.2. The molecule has 0 saturated heterocycles. The van der Waals surface area contributed by atoms with Gasteiger partial charge in [0.25, 0.3) is 0 Å². The highest BCUT2D eigenvalue weighted by atomic mass is 32.2. The van der Waals surface area contributed by atoms with Gasteiger partial charge >= 0.3 is 6.18 Å². The first kappa shape index (κ1) is 24.5. The standard InChI is InChI=1S/C19H22F3N7O3S/c1-18(2,30)8-13(28-33(31,32)12-6-4-3-5-7-12)14-9-24-17(23)16(26-14)15-10-25-29(27-15)11-19(20,21)22/h3-7,9-10,13,28,30H,8,11H2,1-2H3,(H2,23,24). The summed E-state index contributed by atoms with van der Waals surface area (Å²) < 4.78 is 66.1. The Morgan fingerprint density at radius 2 is 1.85 bits per heavy atom. The lowest BCUT2D eigenvalue weighted by Crippen LogP contribution is -2.35. The van der Waals surface area contributed by atoms with Crippen molar-refractivity contribution in [1.29, 1.82) is 0 Å². The number of aliphatic hydroxyl groups is 1. The van der Waals surface area contributed by atoms with Gasteiger partial charge in [-0.1, -0.05) is 18.2 Å². The van der Waals surface area contributed by atoms with E-state index in [1.54, 1.807) is 18.2 Å². The second kappa shape index (κ2) is 9.03. The van der Waals surface area contributed by atoms with Crippen molar-refractivity contribution in [3.05, 3.63) is 48.4 Å². The van der Waals surface area contributed by atoms with Gasteiger partial charge in [-0.15, -0.1) is 0 Å². The van der Waals surface area contributed by atoms with Gasteiger partial charge in [0.15, 0.2) is 12.4 Å². The summed E-state index contributed by atoms with van der Waals surface area (Å²) in [5, 5.41) is 17.6. The molecule has 3 aromatic rings. The molecule has 3 rings (SSSR count). The average molecular weight is 485 g/mol. The number of rotatable bonds is 8. The smallest absolute Gasteiger partial charge is 0.390 e. The highest BCUT2D eigenvalue weighted by Gasteiger charge is 2.31.